The van der Waals surface area contributed by atoms with E-state index in [0.717, 1.165) is 24.0 Å². The Morgan fingerprint density at radius 1 is 1.32 bits per heavy atom. The summed E-state index contributed by atoms with van der Waals surface area (Å²) in [5, 5.41) is 3.65. The molecule has 0 aliphatic carbocycles. The van der Waals surface area contributed by atoms with Gasteiger partial charge in [0, 0.05) is 12.1 Å². The van der Waals surface area contributed by atoms with Gasteiger partial charge in [-0.1, -0.05) is 37.1 Å². The van der Waals surface area contributed by atoms with E-state index in [4.69, 9.17) is 11.6 Å². The molecular formula is C14H15ClFN3. The van der Waals surface area contributed by atoms with Crippen molar-refractivity contribution in [2.24, 2.45) is 0 Å². The standard InChI is InChI=1S/C14H15ClFN3/c1-2-4-12-13(15)18-9-19-14(12)17-8-10-5-3-6-11(16)7-10/h3,5-7,9H,2,4,8H2,1H3,(H,17,18,19). The quantitative estimate of drug-likeness (QED) is 0.845. The van der Waals surface area contributed by atoms with E-state index in [9.17, 15) is 4.39 Å². The Hall–Kier alpha value is -1.68. The molecule has 1 aromatic heterocycles. The van der Waals surface area contributed by atoms with Gasteiger partial charge in [-0.3, -0.25) is 0 Å². The second-order valence-electron chi connectivity index (χ2n) is 4.23. The number of hydrogen-bond donors (Lipinski definition) is 1. The molecule has 0 aliphatic rings. The molecule has 1 aromatic carbocycles. The maximum absolute atomic E-state index is 13.1. The van der Waals surface area contributed by atoms with Crippen LogP contribution in [0.1, 0.15) is 24.5 Å². The molecule has 19 heavy (non-hydrogen) atoms. The Bertz CT molecular complexity index is 560. The first-order valence-corrected chi connectivity index (χ1v) is 6.56. The molecule has 0 radical (unpaired) electrons. The number of anilines is 1. The first kappa shape index (κ1) is 13.7. The Labute approximate surface area is 116 Å². The second kappa shape index (κ2) is 6.48. The molecule has 0 atom stereocenters. The van der Waals surface area contributed by atoms with Crippen LogP contribution in [0.5, 0.6) is 0 Å². The van der Waals surface area contributed by atoms with Gasteiger partial charge in [0.25, 0.3) is 0 Å². The van der Waals surface area contributed by atoms with Gasteiger partial charge in [0.1, 0.15) is 23.1 Å². The molecule has 2 rings (SSSR count). The highest BCUT2D eigenvalue weighted by Crippen LogP contribution is 2.21. The van der Waals surface area contributed by atoms with Crippen LogP contribution in [0.25, 0.3) is 0 Å². The Balaban J connectivity index is 2.13. The third kappa shape index (κ3) is 3.64. The van der Waals surface area contributed by atoms with E-state index in [2.05, 4.69) is 22.2 Å². The zero-order valence-electron chi connectivity index (χ0n) is 10.7. The van der Waals surface area contributed by atoms with Crippen molar-refractivity contribution in [3.8, 4) is 0 Å². The molecule has 0 unspecified atom stereocenters. The van der Waals surface area contributed by atoms with Crippen molar-refractivity contribution >= 4 is 17.4 Å². The van der Waals surface area contributed by atoms with Crippen LogP contribution in [0.2, 0.25) is 5.15 Å². The smallest absolute Gasteiger partial charge is 0.137 e. The van der Waals surface area contributed by atoms with Gasteiger partial charge < -0.3 is 5.32 Å². The van der Waals surface area contributed by atoms with Crippen LogP contribution in [-0.4, -0.2) is 9.97 Å². The van der Waals surface area contributed by atoms with E-state index >= 15 is 0 Å². The highest BCUT2D eigenvalue weighted by Gasteiger charge is 2.08. The Kier molecular flexibility index (Phi) is 4.68. The summed E-state index contributed by atoms with van der Waals surface area (Å²) in [5.74, 6) is 0.472. The number of halogens is 2. The van der Waals surface area contributed by atoms with Crippen LogP contribution < -0.4 is 5.32 Å². The zero-order chi connectivity index (χ0) is 13.7. The molecule has 0 amide bonds. The van der Waals surface area contributed by atoms with Crippen LogP contribution in [0.4, 0.5) is 10.2 Å². The third-order valence-corrected chi connectivity index (χ3v) is 3.07. The maximum atomic E-state index is 13.1. The number of nitrogens with zero attached hydrogens (tertiary/aromatic N) is 2. The van der Waals surface area contributed by atoms with Gasteiger partial charge in [-0.15, -0.1) is 0 Å². The topological polar surface area (TPSA) is 37.8 Å². The van der Waals surface area contributed by atoms with Crippen LogP contribution >= 0.6 is 11.6 Å². The van der Waals surface area contributed by atoms with Crippen molar-refractivity contribution in [1.29, 1.82) is 0 Å². The van der Waals surface area contributed by atoms with E-state index in [1.807, 2.05) is 6.07 Å². The van der Waals surface area contributed by atoms with Crippen molar-refractivity contribution in [1.82, 2.24) is 9.97 Å². The summed E-state index contributed by atoms with van der Waals surface area (Å²) in [7, 11) is 0. The SMILES string of the molecule is CCCc1c(Cl)ncnc1NCc1cccc(F)c1. The second-order valence-corrected chi connectivity index (χ2v) is 4.58. The van der Waals surface area contributed by atoms with Crippen molar-refractivity contribution < 1.29 is 4.39 Å². The molecular weight excluding hydrogens is 265 g/mol. The van der Waals surface area contributed by atoms with Gasteiger partial charge in [0.15, 0.2) is 0 Å². The average molecular weight is 280 g/mol. The first-order valence-electron chi connectivity index (χ1n) is 6.18. The van der Waals surface area contributed by atoms with E-state index in [0.29, 0.717) is 17.5 Å². The lowest BCUT2D eigenvalue weighted by molar-refractivity contribution is 0.626. The summed E-state index contributed by atoms with van der Waals surface area (Å²) < 4.78 is 13.1. The summed E-state index contributed by atoms with van der Waals surface area (Å²) >= 11 is 6.06. The number of benzene rings is 1. The Morgan fingerprint density at radius 2 is 2.16 bits per heavy atom. The fraction of sp³-hybridized carbons (Fsp3) is 0.286. The molecule has 2 aromatic rings. The van der Waals surface area contributed by atoms with Gasteiger partial charge in [-0.25, -0.2) is 14.4 Å². The van der Waals surface area contributed by atoms with E-state index in [-0.39, 0.29) is 5.82 Å². The van der Waals surface area contributed by atoms with Crippen LogP contribution in [-0.2, 0) is 13.0 Å². The molecule has 0 saturated carbocycles. The number of rotatable bonds is 5. The van der Waals surface area contributed by atoms with Crippen molar-refractivity contribution in [2.75, 3.05) is 5.32 Å². The highest BCUT2D eigenvalue weighted by atomic mass is 35.5. The van der Waals surface area contributed by atoms with Crippen LogP contribution in [0.15, 0.2) is 30.6 Å². The molecule has 0 spiro atoms. The van der Waals surface area contributed by atoms with Crippen molar-refractivity contribution in [3.05, 3.63) is 52.7 Å². The van der Waals surface area contributed by atoms with E-state index in [1.54, 1.807) is 6.07 Å². The predicted octanol–water partition coefficient (Wildman–Crippen LogP) is 3.83. The van der Waals surface area contributed by atoms with Gasteiger partial charge in [-0.2, -0.15) is 0 Å². The summed E-state index contributed by atoms with van der Waals surface area (Å²) in [6.07, 6.45) is 3.20. The summed E-state index contributed by atoms with van der Waals surface area (Å²) in [4.78, 5) is 8.18. The average Bonchev–Trinajstić information content (AvgIpc) is 2.40. The number of hydrogen-bond acceptors (Lipinski definition) is 3. The molecule has 5 heteroatoms. The first-order chi connectivity index (χ1) is 9.20. The minimum Gasteiger partial charge on any atom is -0.366 e. The summed E-state index contributed by atoms with van der Waals surface area (Å²) in [6.45, 7) is 2.57. The highest BCUT2D eigenvalue weighted by molar-refractivity contribution is 6.30. The molecule has 1 heterocycles. The lowest BCUT2D eigenvalue weighted by atomic mass is 10.1. The lowest BCUT2D eigenvalue weighted by Gasteiger charge is -2.11. The van der Waals surface area contributed by atoms with Crippen LogP contribution in [0, 0.1) is 5.82 Å². The van der Waals surface area contributed by atoms with Crippen molar-refractivity contribution in [2.45, 2.75) is 26.3 Å². The fourth-order valence-electron chi connectivity index (χ4n) is 1.85. The maximum Gasteiger partial charge on any atom is 0.137 e. The van der Waals surface area contributed by atoms with Gasteiger partial charge in [0.05, 0.1) is 0 Å². The molecule has 100 valence electrons. The molecule has 3 nitrogen and oxygen atoms in total. The molecule has 1 N–H and O–H groups in total. The largest absolute Gasteiger partial charge is 0.366 e. The number of nitrogens with one attached hydrogen (secondary N) is 1. The monoisotopic (exact) mass is 279 g/mol. The van der Waals surface area contributed by atoms with E-state index in [1.165, 1.54) is 18.5 Å². The summed E-state index contributed by atoms with van der Waals surface area (Å²) in [6, 6.07) is 6.47. The fourth-order valence-corrected chi connectivity index (χ4v) is 2.08. The Morgan fingerprint density at radius 3 is 2.89 bits per heavy atom. The normalized spacial score (nSPS) is 10.5. The molecule has 0 saturated heterocycles. The molecule has 0 fully saturated rings. The summed E-state index contributed by atoms with van der Waals surface area (Å²) in [5.41, 5.74) is 1.76. The molecule has 0 aliphatic heterocycles. The third-order valence-electron chi connectivity index (χ3n) is 2.74. The van der Waals surface area contributed by atoms with Crippen molar-refractivity contribution in [3.63, 3.8) is 0 Å². The number of aromatic nitrogens is 2. The molecule has 0 bridgehead atoms. The van der Waals surface area contributed by atoms with E-state index < -0.39 is 0 Å². The van der Waals surface area contributed by atoms with Crippen LogP contribution in [0.3, 0.4) is 0 Å². The van der Waals surface area contributed by atoms with Gasteiger partial charge in [-0.05, 0) is 24.1 Å². The predicted molar refractivity (Wildman–Crippen MR) is 74.8 cm³/mol. The lowest BCUT2D eigenvalue weighted by Crippen LogP contribution is -2.06. The van der Waals surface area contributed by atoms with Gasteiger partial charge in [0.2, 0.25) is 0 Å². The van der Waals surface area contributed by atoms with Gasteiger partial charge >= 0.3 is 0 Å². The minimum atomic E-state index is -0.242. The zero-order valence-corrected chi connectivity index (χ0v) is 11.4. The minimum absolute atomic E-state index is 0.242.